The summed E-state index contributed by atoms with van der Waals surface area (Å²) in [7, 11) is -3.10. The fraction of sp³-hybridized carbons (Fsp3) is 0.846. The third-order valence-corrected chi connectivity index (χ3v) is 5.61. The molecule has 6 nitrogen and oxygen atoms in total. The monoisotopic (exact) mass is 300 g/mol. The SMILES string of the molecule is CC(C)CCS(=O)(=O)N1CCCC(Cn2cncn2)C1. The zero-order chi connectivity index (χ0) is 14.6. The first-order valence-electron chi connectivity index (χ1n) is 7.27. The fourth-order valence-electron chi connectivity index (χ4n) is 2.53. The molecule has 2 rings (SSSR count). The van der Waals surface area contributed by atoms with Crippen molar-refractivity contribution in [2.45, 2.75) is 39.7 Å². The number of nitrogens with zero attached hydrogens (tertiary/aromatic N) is 4. The van der Waals surface area contributed by atoms with Gasteiger partial charge in [0.25, 0.3) is 0 Å². The summed E-state index contributed by atoms with van der Waals surface area (Å²) in [5, 5.41) is 4.09. The van der Waals surface area contributed by atoms with Gasteiger partial charge in [0.05, 0.1) is 5.75 Å². The highest BCUT2D eigenvalue weighted by molar-refractivity contribution is 7.89. The molecule has 0 radical (unpaired) electrons. The van der Waals surface area contributed by atoms with Gasteiger partial charge in [0, 0.05) is 19.6 Å². The third kappa shape index (κ3) is 4.28. The molecule has 1 atom stereocenters. The molecule has 1 saturated heterocycles. The topological polar surface area (TPSA) is 68.1 Å². The maximum atomic E-state index is 12.3. The summed E-state index contributed by atoms with van der Waals surface area (Å²) in [6, 6.07) is 0. The molecule has 7 heteroatoms. The van der Waals surface area contributed by atoms with E-state index in [4.69, 9.17) is 0 Å². The first-order chi connectivity index (χ1) is 9.47. The van der Waals surface area contributed by atoms with Gasteiger partial charge in [-0.1, -0.05) is 13.8 Å². The second-order valence-electron chi connectivity index (χ2n) is 5.98. The Labute approximate surface area is 121 Å². The van der Waals surface area contributed by atoms with Crippen molar-refractivity contribution >= 4 is 10.0 Å². The van der Waals surface area contributed by atoms with E-state index in [1.54, 1.807) is 15.3 Å². The second-order valence-corrected chi connectivity index (χ2v) is 8.07. The third-order valence-electron chi connectivity index (χ3n) is 3.74. The normalized spacial score (nSPS) is 21.4. The number of hydrogen-bond acceptors (Lipinski definition) is 4. The number of sulfonamides is 1. The second kappa shape index (κ2) is 6.67. The average molecular weight is 300 g/mol. The highest BCUT2D eigenvalue weighted by Crippen LogP contribution is 2.21. The van der Waals surface area contributed by atoms with Gasteiger partial charge in [-0.25, -0.2) is 17.7 Å². The summed E-state index contributed by atoms with van der Waals surface area (Å²) in [6.45, 7) is 6.13. The van der Waals surface area contributed by atoms with Gasteiger partial charge in [0.2, 0.25) is 10.0 Å². The molecule has 1 aromatic rings. The molecule has 2 heterocycles. The van der Waals surface area contributed by atoms with Crippen LogP contribution in [0.4, 0.5) is 0 Å². The Bertz CT molecular complexity index is 498. The van der Waals surface area contributed by atoms with Gasteiger partial charge in [0.15, 0.2) is 0 Å². The molecule has 0 saturated carbocycles. The Morgan fingerprint density at radius 1 is 1.40 bits per heavy atom. The molecule has 114 valence electrons. The zero-order valence-corrected chi connectivity index (χ0v) is 13.1. The van der Waals surface area contributed by atoms with Crippen LogP contribution in [0.2, 0.25) is 0 Å². The fourth-order valence-corrected chi connectivity index (χ4v) is 4.41. The smallest absolute Gasteiger partial charge is 0.214 e. The van der Waals surface area contributed by atoms with Crippen molar-refractivity contribution in [2.75, 3.05) is 18.8 Å². The number of hydrogen-bond donors (Lipinski definition) is 0. The average Bonchev–Trinajstić information content (AvgIpc) is 2.90. The van der Waals surface area contributed by atoms with E-state index in [2.05, 4.69) is 23.9 Å². The quantitative estimate of drug-likeness (QED) is 0.795. The summed E-state index contributed by atoms with van der Waals surface area (Å²) < 4.78 is 28.1. The predicted octanol–water partition coefficient (Wildman–Crippen LogP) is 1.37. The van der Waals surface area contributed by atoms with Gasteiger partial charge in [-0.3, -0.25) is 4.68 Å². The molecule has 0 N–H and O–H groups in total. The van der Waals surface area contributed by atoms with Crippen molar-refractivity contribution in [2.24, 2.45) is 11.8 Å². The molecule has 0 spiro atoms. The lowest BCUT2D eigenvalue weighted by Crippen LogP contribution is -2.42. The number of piperidine rings is 1. The minimum Gasteiger partial charge on any atom is -0.253 e. The van der Waals surface area contributed by atoms with E-state index < -0.39 is 10.0 Å². The van der Waals surface area contributed by atoms with Gasteiger partial charge in [-0.15, -0.1) is 0 Å². The highest BCUT2D eigenvalue weighted by Gasteiger charge is 2.28. The van der Waals surface area contributed by atoms with Crippen molar-refractivity contribution in [3.8, 4) is 0 Å². The van der Waals surface area contributed by atoms with Crippen molar-refractivity contribution < 1.29 is 8.42 Å². The van der Waals surface area contributed by atoms with E-state index in [1.165, 1.54) is 6.33 Å². The molecule has 0 amide bonds. The van der Waals surface area contributed by atoms with Gasteiger partial charge >= 0.3 is 0 Å². The molecule has 1 aliphatic heterocycles. The summed E-state index contributed by atoms with van der Waals surface area (Å²) in [4.78, 5) is 3.92. The van der Waals surface area contributed by atoms with Crippen molar-refractivity contribution in [1.29, 1.82) is 0 Å². The van der Waals surface area contributed by atoms with Crippen LogP contribution in [-0.4, -0.2) is 46.3 Å². The molecule has 1 unspecified atom stereocenters. The lowest BCUT2D eigenvalue weighted by Gasteiger charge is -2.32. The Morgan fingerprint density at radius 2 is 2.20 bits per heavy atom. The van der Waals surface area contributed by atoms with Gasteiger partial charge in [0.1, 0.15) is 12.7 Å². The standard InChI is InChI=1S/C13H24N4O2S/c1-12(2)5-7-20(18,19)17-6-3-4-13(9-17)8-16-11-14-10-15-16/h10-13H,3-9H2,1-2H3. The summed E-state index contributed by atoms with van der Waals surface area (Å²) in [5.74, 6) is 1.01. The van der Waals surface area contributed by atoms with Crippen LogP contribution in [0.15, 0.2) is 12.7 Å². The maximum Gasteiger partial charge on any atom is 0.214 e. The van der Waals surface area contributed by atoms with Gasteiger partial charge in [-0.05, 0) is 31.1 Å². The maximum absolute atomic E-state index is 12.3. The largest absolute Gasteiger partial charge is 0.253 e. The molecule has 1 fully saturated rings. The predicted molar refractivity (Wildman–Crippen MR) is 77.6 cm³/mol. The zero-order valence-electron chi connectivity index (χ0n) is 12.3. The molecular formula is C13H24N4O2S. The summed E-state index contributed by atoms with van der Waals surface area (Å²) in [6.07, 6.45) is 5.91. The molecule has 20 heavy (non-hydrogen) atoms. The van der Waals surface area contributed by atoms with E-state index in [9.17, 15) is 8.42 Å². The molecule has 1 aromatic heterocycles. The van der Waals surface area contributed by atoms with Crippen LogP contribution in [0.5, 0.6) is 0 Å². The van der Waals surface area contributed by atoms with E-state index in [0.717, 1.165) is 25.8 Å². The molecule has 0 bridgehead atoms. The molecule has 0 aromatic carbocycles. The molecule has 0 aliphatic carbocycles. The number of aromatic nitrogens is 3. The van der Waals surface area contributed by atoms with Crippen LogP contribution >= 0.6 is 0 Å². The van der Waals surface area contributed by atoms with E-state index in [0.29, 0.717) is 24.9 Å². The van der Waals surface area contributed by atoms with E-state index in [-0.39, 0.29) is 5.75 Å². The minimum absolute atomic E-state index is 0.265. The van der Waals surface area contributed by atoms with Gasteiger partial charge < -0.3 is 0 Å². The first kappa shape index (κ1) is 15.4. The van der Waals surface area contributed by atoms with Crippen LogP contribution in [0.3, 0.4) is 0 Å². The minimum atomic E-state index is -3.10. The Balaban J connectivity index is 1.92. The van der Waals surface area contributed by atoms with Crippen molar-refractivity contribution in [3.63, 3.8) is 0 Å². The van der Waals surface area contributed by atoms with Crippen LogP contribution < -0.4 is 0 Å². The van der Waals surface area contributed by atoms with Crippen molar-refractivity contribution in [1.82, 2.24) is 19.1 Å². The van der Waals surface area contributed by atoms with Crippen LogP contribution in [0.1, 0.15) is 33.1 Å². The van der Waals surface area contributed by atoms with Crippen LogP contribution in [0.25, 0.3) is 0 Å². The number of rotatable bonds is 6. The Kier molecular flexibility index (Phi) is 5.15. The first-order valence-corrected chi connectivity index (χ1v) is 8.88. The summed E-state index contributed by atoms with van der Waals surface area (Å²) >= 11 is 0. The van der Waals surface area contributed by atoms with Crippen molar-refractivity contribution in [3.05, 3.63) is 12.7 Å². The highest BCUT2D eigenvalue weighted by atomic mass is 32.2. The molecule has 1 aliphatic rings. The van der Waals surface area contributed by atoms with E-state index >= 15 is 0 Å². The lowest BCUT2D eigenvalue weighted by atomic mass is 10.00. The van der Waals surface area contributed by atoms with Crippen LogP contribution in [-0.2, 0) is 16.6 Å². The lowest BCUT2D eigenvalue weighted by molar-refractivity contribution is 0.239. The molecular weight excluding hydrogens is 276 g/mol. The van der Waals surface area contributed by atoms with Gasteiger partial charge in [-0.2, -0.15) is 5.10 Å². The van der Waals surface area contributed by atoms with E-state index in [1.807, 2.05) is 0 Å². The Hall–Kier alpha value is -0.950. The summed E-state index contributed by atoms with van der Waals surface area (Å²) in [5.41, 5.74) is 0. The Morgan fingerprint density at radius 3 is 2.85 bits per heavy atom. The van der Waals surface area contributed by atoms with Crippen LogP contribution in [0, 0.1) is 11.8 Å².